The Morgan fingerprint density at radius 3 is 1.87 bits per heavy atom. The van der Waals surface area contributed by atoms with Gasteiger partial charge >= 0.3 is 28.4 Å². The van der Waals surface area contributed by atoms with Crippen LogP contribution in [0.15, 0.2) is 77.9 Å². The average Bonchev–Trinajstić information content (AvgIpc) is 3.73. The molecule has 0 aromatic heterocycles. The van der Waals surface area contributed by atoms with E-state index < -0.39 is 0 Å². The second-order valence-corrected chi connectivity index (χ2v) is 14.9. The van der Waals surface area contributed by atoms with Crippen LogP contribution in [-0.2, 0) is 41.5 Å². The van der Waals surface area contributed by atoms with E-state index in [0.717, 1.165) is 12.8 Å². The molecule has 0 heterocycles. The fourth-order valence-electron chi connectivity index (χ4n) is 7.36. The molecule has 7 rings (SSSR count). The van der Waals surface area contributed by atoms with Gasteiger partial charge in [-0.25, -0.2) is 11.1 Å². The molecule has 1 unspecified atom stereocenters. The van der Waals surface area contributed by atoms with E-state index >= 15 is 0 Å². The van der Waals surface area contributed by atoms with Crippen molar-refractivity contribution in [3.8, 4) is 11.1 Å². The van der Waals surface area contributed by atoms with Crippen LogP contribution in [0.5, 0.6) is 0 Å². The van der Waals surface area contributed by atoms with E-state index in [-0.39, 0.29) is 10.8 Å². The first-order valence-corrected chi connectivity index (χ1v) is 18.9. The number of hydrogen-bond donors (Lipinski definition) is 0. The Morgan fingerprint density at radius 1 is 0.851 bits per heavy atom. The Labute approximate surface area is 303 Å². The summed E-state index contributed by atoms with van der Waals surface area (Å²) in [7, 11) is 0. The van der Waals surface area contributed by atoms with Gasteiger partial charge in [-0.1, -0.05) is 111 Å². The van der Waals surface area contributed by atoms with Gasteiger partial charge in [0.05, 0.1) is 0 Å². The van der Waals surface area contributed by atoms with Gasteiger partial charge in [0.2, 0.25) is 0 Å². The van der Waals surface area contributed by atoms with Crippen LogP contribution in [0.1, 0.15) is 123 Å². The molecule has 0 N–H and O–H groups in total. The van der Waals surface area contributed by atoms with E-state index in [1.165, 1.54) is 91.0 Å². The Hall–Kier alpha value is -2.63. The van der Waals surface area contributed by atoms with Crippen LogP contribution in [0.25, 0.3) is 22.3 Å². The summed E-state index contributed by atoms with van der Waals surface area (Å²) in [5.41, 5.74) is 17.8. The molecule has 0 saturated carbocycles. The second kappa shape index (κ2) is 15.7. The SMILES string of the molecule is CC1=[C-]C(C)(C)c2cc3c(cc21)-c1cc2c(cc1C3)C(C)(C)C=C2C.CCC1=[C-]C(C)C=C1C(C)(C)C.[CH2-]C.[CH2]=[Zr].[c-]1ccccc1. The predicted molar refractivity (Wildman–Crippen MR) is 204 cm³/mol. The second-order valence-electron chi connectivity index (χ2n) is 14.9. The van der Waals surface area contributed by atoms with Gasteiger partial charge in [0.25, 0.3) is 0 Å². The van der Waals surface area contributed by atoms with Gasteiger partial charge in [-0.15, -0.1) is 11.6 Å². The maximum absolute atomic E-state index is 3.65. The molecule has 3 aromatic carbocycles. The van der Waals surface area contributed by atoms with Crippen LogP contribution < -0.4 is 0 Å². The molecule has 0 spiro atoms. The molecule has 0 aliphatic heterocycles. The molecule has 0 saturated heterocycles. The third-order valence-corrected chi connectivity index (χ3v) is 9.34. The van der Waals surface area contributed by atoms with Crippen molar-refractivity contribution >= 4 is 15.4 Å². The zero-order valence-corrected chi connectivity index (χ0v) is 33.7. The van der Waals surface area contributed by atoms with Crippen LogP contribution in [-0.4, -0.2) is 4.21 Å². The normalized spacial score (nSPS) is 18.3. The summed E-state index contributed by atoms with van der Waals surface area (Å²) in [6.07, 6.45) is 14.1. The van der Waals surface area contributed by atoms with Gasteiger partial charge in [-0.3, -0.25) is 12.2 Å². The Balaban J connectivity index is 0.000000227. The molecule has 0 radical (unpaired) electrons. The molecule has 4 aliphatic carbocycles. The number of rotatable bonds is 1. The minimum Gasteiger partial charge on any atom is -0.184 e. The van der Waals surface area contributed by atoms with Crippen molar-refractivity contribution in [3.63, 3.8) is 0 Å². The molecule has 0 fully saturated rings. The summed E-state index contributed by atoms with van der Waals surface area (Å²) in [4.78, 5) is 0. The van der Waals surface area contributed by atoms with Crippen LogP contribution in [0.3, 0.4) is 0 Å². The van der Waals surface area contributed by atoms with E-state index in [1.807, 2.05) is 30.3 Å². The van der Waals surface area contributed by atoms with Crippen molar-refractivity contribution in [3.05, 3.63) is 136 Å². The van der Waals surface area contributed by atoms with E-state index in [4.69, 9.17) is 0 Å². The van der Waals surface area contributed by atoms with Crippen molar-refractivity contribution in [1.82, 2.24) is 0 Å². The van der Waals surface area contributed by atoms with Crippen LogP contribution in [0.4, 0.5) is 0 Å². The number of allylic oxidation sites excluding steroid dienone is 8. The minimum absolute atomic E-state index is 0.0340. The molecule has 4 aliphatic rings. The zero-order chi connectivity index (χ0) is 35.3. The Morgan fingerprint density at radius 2 is 1.40 bits per heavy atom. The third-order valence-electron chi connectivity index (χ3n) is 9.34. The predicted octanol–water partition coefficient (Wildman–Crippen LogP) is 12.5. The van der Waals surface area contributed by atoms with Crippen molar-refractivity contribution in [2.75, 3.05) is 0 Å². The summed E-state index contributed by atoms with van der Waals surface area (Å²) >= 11 is 1.30. The monoisotopic (exact) mass is 698 g/mol. The molecule has 248 valence electrons. The minimum atomic E-state index is 0.0340. The molecule has 1 heteroatoms. The number of hydrogen-bond acceptors (Lipinski definition) is 0. The van der Waals surface area contributed by atoms with Gasteiger partial charge in [-0.2, -0.15) is 60.5 Å². The summed E-state index contributed by atoms with van der Waals surface area (Å²) in [5.74, 6) is 0.522. The van der Waals surface area contributed by atoms with Gasteiger partial charge < -0.3 is 6.92 Å². The topological polar surface area (TPSA) is 0 Å². The maximum Gasteiger partial charge on any atom is -0.171 e. The number of benzene rings is 3. The molecular formula is C46H56Zr-4. The van der Waals surface area contributed by atoms with Crippen molar-refractivity contribution in [1.29, 1.82) is 0 Å². The molecule has 3 aromatic rings. The Kier molecular flexibility index (Phi) is 13.0. The van der Waals surface area contributed by atoms with Gasteiger partial charge in [0.15, 0.2) is 0 Å². The zero-order valence-electron chi connectivity index (χ0n) is 31.3. The summed E-state index contributed by atoms with van der Waals surface area (Å²) in [6, 6.07) is 22.3. The first-order chi connectivity index (χ1) is 22.1. The molecule has 0 amide bonds. The van der Waals surface area contributed by atoms with Crippen LogP contribution >= 0.6 is 0 Å². The molecule has 1 atom stereocenters. The summed E-state index contributed by atoms with van der Waals surface area (Å²) in [5, 5.41) is 0. The standard InChI is InChI=1S/C25H25.C12H19.C6H5.C2H5.CH2.Zr/c1-14-12-24(3,4)22-8-16-7-17-9-23-19(15(2)13-25(23,5)6)11-21(17)20(16)10-18(14)22;1-6-10-7-9(2)8-11(10)12(3,4)5;1-2-4-6-5-3-1;1-2;;/h8-12H,7H2,1-6H3;8-9H,6H2,1-5H3;1-5H;1H2,2H3;1H2;/q4*-1;;. The molecular weight excluding hydrogens is 644 g/mol. The average molecular weight is 700 g/mol. The van der Waals surface area contributed by atoms with E-state index in [1.54, 1.807) is 6.92 Å². The van der Waals surface area contributed by atoms with Crippen LogP contribution in [0, 0.1) is 36.5 Å². The summed E-state index contributed by atoms with van der Waals surface area (Å²) in [6.45, 7) is 29.9. The fraction of sp³-hybridized carbons (Fsp3) is 0.391. The molecule has 0 bridgehead atoms. The maximum atomic E-state index is 3.65. The van der Waals surface area contributed by atoms with Gasteiger partial charge in [0, 0.05) is 5.41 Å². The first-order valence-electron chi connectivity index (χ1n) is 17.1. The number of fused-ring (bicyclic) bond motifs is 5. The first kappa shape index (κ1) is 38.8. The van der Waals surface area contributed by atoms with Crippen molar-refractivity contribution < 1.29 is 24.2 Å². The summed E-state index contributed by atoms with van der Waals surface area (Å²) < 4.78 is 3.34. The van der Waals surface area contributed by atoms with Crippen molar-refractivity contribution in [2.45, 2.75) is 107 Å². The van der Waals surface area contributed by atoms with E-state index in [0.29, 0.717) is 11.3 Å². The van der Waals surface area contributed by atoms with Crippen LogP contribution in [0.2, 0.25) is 0 Å². The molecule has 47 heavy (non-hydrogen) atoms. The fourth-order valence-corrected chi connectivity index (χ4v) is 7.36. The largest absolute Gasteiger partial charge is 0.184 e. The van der Waals surface area contributed by atoms with E-state index in [9.17, 15) is 0 Å². The molecule has 0 nitrogen and oxygen atoms in total. The van der Waals surface area contributed by atoms with Gasteiger partial charge in [-0.05, 0) is 58.4 Å². The van der Waals surface area contributed by atoms with Gasteiger partial charge in [0.1, 0.15) is 0 Å². The smallest absolute Gasteiger partial charge is 0.171 e. The quantitative estimate of drug-likeness (QED) is 0.174. The van der Waals surface area contributed by atoms with E-state index in [2.05, 4.69) is 142 Å². The Bertz CT molecular complexity index is 1570. The third kappa shape index (κ3) is 8.52. The van der Waals surface area contributed by atoms with Crippen molar-refractivity contribution in [2.24, 2.45) is 11.3 Å².